The van der Waals surface area contributed by atoms with Crippen LogP contribution < -0.4 is 5.32 Å². The number of carbonyl (C=O) groups excluding carboxylic acids is 1. The predicted octanol–water partition coefficient (Wildman–Crippen LogP) is 4.19. The van der Waals surface area contributed by atoms with Crippen LogP contribution in [-0.2, 0) is 19.6 Å². The van der Waals surface area contributed by atoms with Crippen molar-refractivity contribution in [1.29, 1.82) is 0 Å². The van der Waals surface area contributed by atoms with Gasteiger partial charge in [0.15, 0.2) is 0 Å². The molecule has 2 aromatic carbocycles. The predicted molar refractivity (Wildman–Crippen MR) is 117 cm³/mol. The number of aromatic nitrogens is 2. The van der Waals surface area contributed by atoms with Gasteiger partial charge in [-0.2, -0.15) is 5.10 Å². The molecule has 0 aliphatic heterocycles. The Labute approximate surface area is 177 Å². The van der Waals surface area contributed by atoms with E-state index in [-0.39, 0.29) is 5.91 Å². The molecule has 0 fully saturated rings. The summed E-state index contributed by atoms with van der Waals surface area (Å²) >= 11 is 6.49. The van der Waals surface area contributed by atoms with Gasteiger partial charge in [0.05, 0.1) is 17.8 Å². The van der Waals surface area contributed by atoms with Crippen LogP contribution in [-0.4, -0.2) is 34.7 Å². The molecule has 0 unspecified atom stereocenters. The van der Waals surface area contributed by atoms with Gasteiger partial charge in [-0.25, -0.2) is 4.68 Å². The minimum absolute atomic E-state index is 0.208. The Morgan fingerprint density at radius 1 is 1.00 bits per heavy atom. The number of carbonyl (C=O) groups is 1. The summed E-state index contributed by atoms with van der Waals surface area (Å²) in [5.41, 5.74) is 5.63. The monoisotopic (exact) mass is 410 g/mol. The first-order valence-electron chi connectivity index (χ1n) is 9.62. The van der Waals surface area contributed by atoms with Crippen molar-refractivity contribution in [3.63, 3.8) is 0 Å². The molecule has 0 aliphatic rings. The Morgan fingerprint density at radius 3 is 2.21 bits per heavy atom. The highest BCUT2D eigenvalue weighted by molar-refractivity contribution is 6.33. The minimum atomic E-state index is -0.208. The summed E-state index contributed by atoms with van der Waals surface area (Å²) in [7, 11) is 4.08. The lowest BCUT2D eigenvalue weighted by molar-refractivity contribution is 0.0950. The Balaban J connectivity index is 1.66. The zero-order valence-electron chi connectivity index (χ0n) is 17.4. The second-order valence-electron chi connectivity index (χ2n) is 7.63. The topological polar surface area (TPSA) is 50.2 Å². The van der Waals surface area contributed by atoms with Crippen LogP contribution in [0.2, 0.25) is 5.15 Å². The molecule has 5 nitrogen and oxygen atoms in total. The molecule has 29 heavy (non-hydrogen) atoms. The van der Waals surface area contributed by atoms with Gasteiger partial charge in [0, 0.05) is 13.1 Å². The number of hydrogen-bond donors (Lipinski definition) is 1. The molecular formula is C23H27ClN4O. The van der Waals surface area contributed by atoms with Gasteiger partial charge in [-0.05, 0) is 44.6 Å². The maximum atomic E-state index is 12.7. The molecule has 0 saturated carbocycles. The van der Waals surface area contributed by atoms with E-state index < -0.39 is 0 Å². The number of nitrogens with zero attached hydrogens (tertiary/aromatic N) is 3. The van der Waals surface area contributed by atoms with E-state index in [1.54, 1.807) is 4.68 Å². The number of benzene rings is 2. The largest absolute Gasteiger partial charge is 0.348 e. The summed E-state index contributed by atoms with van der Waals surface area (Å²) in [4.78, 5) is 14.8. The lowest BCUT2D eigenvalue weighted by Gasteiger charge is -2.10. The Morgan fingerprint density at radius 2 is 1.59 bits per heavy atom. The van der Waals surface area contributed by atoms with Gasteiger partial charge in [-0.3, -0.25) is 4.79 Å². The molecule has 3 aromatic rings. The fourth-order valence-electron chi connectivity index (χ4n) is 3.18. The molecule has 0 spiro atoms. The maximum Gasteiger partial charge on any atom is 0.256 e. The number of aryl methyl sites for hydroxylation is 2. The Kier molecular flexibility index (Phi) is 6.72. The second kappa shape index (κ2) is 9.25. The van der Waals surface area contributed by atoms with E-state index in [0.717, 1.165) is 17.7 Å². The number of halogens is 1. The van der Waals surface area contributed by atoms with Crippen LogP contribution >= 0.6 is 11.6 Å². The van der Waals surface area contributed by atoms with Gasteiger partial charge in [-0.15, -0.1) is 0 Å². The van der Waals surface area contributed by atoms with Crippen molar-refractivity contribution < 1.29 is 4.79 Å². The van der Waals surface area contributed by atoms with Crippen LogP contribution in [0.3, 0.4) is 0 Å². The van der Waals surface area contributed by atoms with Crippen molar-refractivity contribution >= 4 is 17.5 Å². The first-order valence-corrected chi connectivity index (χ1v) is 10.0. The van der Waals surface area contributed by atoms with Gasteiger partial charge in [-0.1, -0.05) is 65.7 Å². The molecule has 1 N–H and O–H groups in total. The summed E-state index contributed by atoms with van der Waals surface area (Å²) < 4.78 is 1.67. The van der Waals surface area contributed by atoms with E-state index in [1.807, 2.05) is 52.2 Å². The molecule has 0 aliphatic carbocycles. The van der Waals surface area contributed by atoms with Crippen LogP contribution in [0.15, 0.2) is 48.5 Å². The smallest absolute Gasteiger partial charge is 0.256 e. The van der Waals surface area contributed by atoms with Crippen molar-refractivity contribution in [2.75, 3.05) is 14.1 Å². The van der Waals surface area contributed by atoms with E-state index in [1.165, 1.54) is 11.1 Å². The molecule has 3 rings (SSSR count). The third-order valence-electron chi connectivity index (χ3n) is 4.72. The number of hydrogen-bond acceptors (Lipinski definition) is 3. The zero-order chi connectivity index (χ0) is 21.0. The van der Waals surface area contributed by atoms with Crippen molar-refractivity contribution in [2.24, 2.45) is 0 Å². The number of rotatable bonds is 7. The van der Waals surface area contributed by atoms with Crippen LogP contribution in [0.5, 0.6) is 0 Å². The Hall–Kier alpha value is -2.63. The maximum absolute atomic E-state index is 12.7. The van der Waals surface area contributed by atoms with Crippen LogP contribution in [0.4, 0.5) is 0 Å². The van der Waals surface area contributed by atoms with E-state index in [0.29, 0.717) is 29.5 Å². The summed E-state index contributed by atoms with van der Waals surface area (Å²) in [6.07, 6.45) is 0. The third-order valence-corrected chi connectivity index (χ3v) is 5.10. The summed E-state index contributed by atoms with van der Waals surface area (Å²) in [5, 5.41) is 7.78. The minimum Gasteiger partial charge on any atom is -0.348 e. The van der Waals surface area contributed by atoms with Gasteiger partial charge in [0.1, 0.15) is 5.15 Å². The first-order chi connectivity index (χ1) is 13.8. The average molecular weight is 411 g/mol. The Bertz CT molecular complexity index is 975. The van der Waals surface area contributed by atoms with E-state index in [2.05, 4.69) is 39.6 Å². The molecular weight excluding hydrogens is 384 g/mol. The molecule has 1 heterocycles. The highest BCUT2D eigenvalue weighted by Gasteiger charge is 2.20. The standard InChI is InChI=1S/C23H27ClN4O/c1-16-5-7-20(8-6-16)15-28-22(24)21(17(2)26-28)23(29)25-13-18-9-11-19(12-10-18)14-27(3)4/h5-12H,13-15H2,1-4H3,(H,25,29). The molecule has 1 aromatic heterocycles. The van der Waals surface area contributed by atoms with Crippen molar-refractivity contribution in [2.45, 2.75) is 33.5 Å². The van der Waals surface area contributed by atoms with Crippen LogP contribution in [0.1, 0.15) is 38.3 Å². The van der Waals surface area contributed by atoms with Crippen molar-refractivity contribution in [3.8, 4) is 0 Å². The van der Waals surface area contributed by atoms with E-state index in [4.69, 9.17) is 11.6 Å². The summed E-state index contributed by atoms with van der Waals surface area (Å²) in [6.45, 7) is 5.72. The molecule has 0 saturated heterocycles. The average Bonchev–Trinajstić information content (AvgIpc) is 2.95. The third kappa shape index (κ3) is 5.46. The lowest BCUT2D eigenvalue weighted by Crippen LogP contribution is -2.23. The van der Waals surface area contributed by atoms with Crippen LogP contribution in [0, 0.1) is 13.8 Å². The number of amides is 1. The summed E-state index contributed by atoms with van der Waals surface area (Å²) in [5.74, 6) is -0.208. The highest BCUT2D eigenvalue weighted by Crippen LogP contribution is 2.21. The van der Waals surface area contributed by atoms with E-state index in [9.17, 15) is 4.79 Å². The molecule has 152 valence electrons. The van der Waals surface area contributed by atoms with Gasteiger partial charge < -0.3 is 10.2 Å². The zero-order valence-corrected chi connectivity index (χ0v) is 18.1. The van der Waals surface area contributed by atoms with Gasteiger partial charge in [0.2, 0.25) is 0 Å². The second-order valence-corrected chi connectivity index (χ2v) is 7.99. The molecule has 1 amide bonds. The SMILES string of the molecule is Cc1ccc(Cn2nc(C)c(C(=O)NCc3ccc(CN(C)C)cc3)c2Cl)cc1. The highest BCUT2D eigenvalue weighted by atomic mass is 35.5. The van der Waals surface area contributed by atoms with Crippen molar-refractivity contribution in [1.82, 2.24) is 20.0 Å². The fourth-order valence-corrected chi connectivity index (χ4v) is 3.50. The normalized spacial score (nSPS) is 11.1. The number of nitrogens with one attached hydrogen (secondary N) is 1. The van der Waals surface area contributed by atoms with E-state index >= 15 is 0 Å². The summed E-state index contributed by atoms with van der Waals surface area (Å²) in [6, 6.07) is 16.4. The van der Waals surface area contributed by atoms with Gasteiger partial charge >= 0.3 is 0 Å². The van der Waals surface area contributed by atoms with Gasteiger partial charge in [0.25, 0.3) is 5.91 Å². The fraction of sp³-hybridized carbons (Fsp3) is 0.304. The molecule has 0 atom stereocenters. The molecule has 0 radical (unpaired) electrons. The van der Waals surface area contributed by atoms with Crippen LogP contribution in [0.25, 0.3) is 0 Å². The molecule has 0 bridgehead atoms. The molecule has 6 heteroatoms. The van der Waals surface area contributed by atoms with Crippen molar-refractivity contribution in [3.05, 3.63) is 87.2 Å². The lowest BCUT2D eigenvalue weighted by atomic mass is 10.1. The quantitative estimate of drug-likeness (QED) is 0.635. The first kappa shape index (κ1) is 21.1.